The number of aromatic amines is 1. The summed E-state index contributed by atoms with van der Waals surface area (Å²) in [5.74, 6) is 0. The Morgan fingerprint density at radius 2 is 2.06 bits per heavy atom. The van der Waals surface area contributed by atoms with Crippen molar-refractivity contribution in [3.63, 3.8) is 0 Å². The molecule has 2 N–H and O–H groups in total. The van der Waals surface area contributed by atoms with Gasteiger partial charge in [-0.2, -0.15) is 5.10 Å². The van der Waals surface area contributed by atoms with Gasteiger partial charge in [-0.3, -0.25) is 4.79 Å². The molecular weight excluding hydrogens is 318 g/mol. The van der Waals surface area contributed by atoms with Gasteiger partial charge in [-0.1, -0.05) is 23.7 Å². The van der Waals surface area contributed by atoms with Crippen LogP contribution in [0.3, 0.4) is 0 Å². The van der Waals surface area contributed by atoms with Crippen LogP contribution in [0.1, 0.15) is 18.5 Å². The minimum absolute atomic E-state index is 0.0437. The van der Waals surface area contributed by atoms with E-state index in [2.05, 4.69) is 31.4 Å². The molecule has 1 aromatic carbocycles. The van der Waals surface area contributed by atoms with Gasteiger partial charge in [-0.25, -0.2) is 5.10 Å². The summed E-state index contributed by atoms with van der Waals surface area (Å²) in [5, 5.41) is 10.0. The highest BCUT2D eigenvalue weighted by Gasteiger charge is 2.09. The number of rotatable bonds is 3. The van der Waals surface area contributed by atoms with E-state index in [1.54, 1.807) is 6.20 Å². The van der Waals surface area contributed by atoms with Crippen LogP contribution in [0.15, 0.2) is 39.7 Å². The van der Waals surface area contributed by atoms with Crippen LogP contribution in [0, 0.1) is 0 Å². The van der Waals surface area contributed by atoms with E-state index in [4.69, 9.17) is 11.6 Å². The average Bonchev–Trinajstić information content (AvgIpc) is 2.36. The number of anilines is 1. The van der Waals surface area contributed by atoms with Crippen molar-refractivity contribution in [2.24, 2.45) is 0 Å². The molecule has 1 atom stereocenters. The Hall–Kier alpha value is -1.33. The fourth-order valence-corrected chi connectivity index (χ4v) is 1.98. The summed E-state index contributed by atoms with van der Waals surface area (Å²) in [6.45, 7) is 2.00. The first-order valence-corrected chi connectivity index (χ1v) is 6.50. The van der Waals surface area contributed by atoms with Gasteiger partial charge in [0.05, 0.1) is 11.9 Å². The lowest BCUT2D eigenvalue weighted by Gasteiger charge is -2.16. The lowest BCUT2D eigenvalue weighted by Crippen LogP contribution is -2.14. The zero-order chi connectivity index (χ0) is 13.1. The van der Waals surface area contributed by atoms with Crippen molar-refractivity contribution >= 4 is 33.2 Å². The molecule has 18 heavy (non-hydrogen) atoms. The number of benzene rings is 1. The van der Waals surface area contributed by atoms with Crippen molar-refractivity contribution in [1.29, 1.82) is 0 Å². The number of halogens is 2. The standard InChI is InChI=1S/C12H11BrClN3O/c1-7(8-2-4-9(14)5-3-8)16-10-6-15-17-12(18)11(10)13/h2-7H,1H3,(H2,16,17,18). The summed E-state index contributed by atoms with van der Waals surface area (Å²) in [6, 6.07) is 7.59. The normalized spacial score (nSPS) is 12.2. The number of nitrogens with zero attached hydrogens (tertiary/aromatic N) is 1. The molecule has 1 unspecified atom stereocenters. The molecule has 2 aromatic rings. The monoisotopic (exact) mass is 327 g/mol. The molecule has 1 aromatic heterocycles. The summed E-state index contributed by atoms with van der Waals surface area (Å²) < 4.78 is 0.443. The highest BCUT2D eigenvalue weighted by atomic mass is 79.9. The maximum atomic E-state index is 11.4. The van der Waals surface area contributed by atoms with E-state index in [1.165, 1.54) is 0 Å². The third-order valence-electron chi connectivity index (χ3n) is 2.54. The van der Waals surface area contributed by atoms with Gasteiger partial charge in [0.1, 0.15) is 4.47 Å². The summed E-state index contributed by atoms with van der Waals surface area (Å²) in [4.78, 5) is 11.4. The number of hydrogen-bond donors (Lipinski definition) is 2. The second-order valence-electron chi connectivity index (χ2n) is 3.84. The predicted molar refractivity (Wildman–Crippen MR) is 76.0 cm³/mol. The van der Waals surface area contributed by atoms with Gasteiger partial charge in [0, 0.05) is 11.1 Å². The van der Waals surface area contributed by atoms with Crippen LogP contribution >= 0.6 is 27.5 Å². The van der Waals surface area contributed by atoms with Crippen molar-refractivity contribution in [3.8, 4) is 0 Å². The smallest absolute Gasteiger partial charge is 0.280 e. The quantitative estimate of drug-likeness (QED) is 0.908. The van der Waals surface area contributed by atoms with Crippen LogP contribution in [-0.4, -0.2) is 10.2 Å². The molecule has 0 amide bonds. The zero-order valence-electron chi connectivity index (χ0n) is 9.58. The van der Waals surface area contributed by atoms with Crippen LogP contribution < -0.4 is 10.9 Å². The van der Waals surface area contributed by atoms with Crippen molar-refractivity contribution in [1.82, 2.24) is 10.2 Å². The fourth-order valence-electron chi connectivity index (χ4n) is 1.55. The summed E-state index contributed by atoms with van der Waals surface area (Å²) in [5.41, 5.74) is 1.47. The first kappa shape index (κ1) is 13.1. The summed E-state index contributed by atoms with van der Waals surface area (Å²) in [6.07, 6.45) is 1.57. The second kappa shape index (κ2) is 5.54. The van der Waals surface area contributed by atoms with Crippen LogP contribution in [0.25, 0.3) is 0 Å². The zero-order valence-corrected chi connectivity index (χ0v) is 11.9. The Balaban J connectivity index is 2.21. The molecule has 0 saturated heterocycles. The molecule has 4 nitrogen and oxygen atoms in total. The Bertz CT molecular complexity index is 597. The molecule has 0 aliphatic carbocycles. The molecule has 94 valence electrons. The number of aromatic nitrogens is 2. The van der Waals surface area contributed by atoms with Crippen LogP contribution in [0.5, 0.6) is 0 Å². The predicted octanol–water partition coefficient (Wildman–Crippen LogP) is 3.36. The van der Waals surface area contributed by atoms with Crippen LogP contribution in [-0.2, 0) is 0 Å². The molecule has 0 saturated carbocycles. The van der Waals surface area contributed by atoms with E-state index in [-0.39, 0.29) is 11.6 Å². The largest absolute Gasteiger partial charge is 0.376 e. The van der Waals surface area contributed by atoms with Crippen molar-refractivity contribution in [3.05, 3.63) is 55.9 Å². The Morgan fingerprint density at radius 3 is 2.72 bits per heavy atom. The fraction of sp³-hybridized carbons (Fsp3) is 0.167. The third kappa shape index (κ3) is 2.91. The maximum absolute atomic E-state index is 11.4. The molecule has 0 radical (unpaired) electrons. The highest BCUT2D eigenvalue weighted by molar-refractivity contribution is 9.10. The number of nitrogens with one attached hydrogen (secondary N) is 2. The lowest BCUT2D eigenvalue weighted by atomic mass is 10.1. The Morgan fingerprint density at radius 1 is 1.39 bits per heavy atom. The average molecular weight is 329 g/mol. The Kier molecular flexibility index (Phi) is 4.04. The second-order valence-corrected chi connectivity index (χ2v) is 5.07. The summed E-state index contributed by atoms with van der Waals surface area (Å²) in [7, 11) is 0. The SMILES string of the molecule is CC(Nc1cn[nH]c(=O)c1Br)c1ccc(Cl)cc1. The van der Waals surface area contributed by atoms with E-state index in [9.17, 15) is 4.79 Å². The van der Waals surface area contributed by atoms with Crippen LogP contribution in [0.2, 0.25) is 5.02 Å². The molecule has 0 fully saturated rings. The van der Waals surface area contributed by atoms with Gasteiger partial charge in [0.2, 0.25) is 0 Å². The van der Waals surface area contributed by atoms with Crippen LogP contribution in [0.4, 0.5) is 5.69 Å². The minimum atomic E-state index is -0.261. The molecule has 6 heteroatoms. The van der Waals surface area contributed by atoms with Crippen molar-refractivity contribution in [2.75, 3.05) is 5.32 Å². The van der Waals surface area contributed by atoms with E-state index >= 15 is 0 Å². The van der Waals surface area contributed by atoms with E-state index in [1.807, 2.05) is 31.2 Å². The molecule has 2 rings (SSSR count). The molecule has 0 aliphatic rings. The maximum Gasteiger partial charge on any atom is 0.280 e. The lowest BCUT2D eigenvalue weighted by molar-refractivity contribution is 0.871. The first-order valence-electron chi connectivity index (χ1n) is 5.33. The summed E-state index contributed by atoms with van der Waals surface area (Å²) >= 11 is 9.06. The van der Waals surface area contributed by atoms with E-state index < -0.39 is 0 Å². The molecule has 0 bridgehead atoms. The Labute approximate surface area is 118 Å². The minimum Gasteiger partial charge on any atom is -0.376 e. The highest BCUT2D eigenvalue weighted by Crippen LogP contribution is 2.23. The van der Waals surface area contributed by atoms with Gasteiger partial charge in [0.25, 0.3) is 5.56 Å². The molecule has 0 aliphatic heterocycles. The molecule has 1 heterocycles. The van der Waals surface area contributed by atoms with Gasteiger partial charge in [0.15, 0.2) is 0 Å². The van der Waals surface area contributed by atoms with E-state index in [0.717, 1.165) is 5.56 Å². The topological polar surface area (TPSA) is 57.8 Å². The van der Waals surface area contributed by atoms with E-state index in [0.29, 0.717) is 15.2 Å². The third-order valence-corrected chi connectivity index (χ3v) is 3.58. The number of hydrogen-bond acceptors (Lipinski definition) is 3. The van der Waals surface area contributed by atoms with Crippen molar-refractivity contribution in [2.45, 2.75) is 13.0 Å². The molecule has 0 spiro atoms. The van der Waals surface area contributed by atoms with Gasteiger partial charge >= 0.3 is 0 Å². The van der Waals surface area contributed by atoms with Crippen molar-refractivity contribution < 1.29 is 0 Å². The molecular formula is C12H11BrClN3O. The van der Waals surface area contributed by atoms with Gasteiger partial charge < -0.3 is 5.32 Å². The van der Waals surface area contributed by atoms with Gasteiger partial charge in [-0.15, -0.1) is 0 Å². The number of H-pyrrole nitrogens is 1. The first-order chi connectivity index (χ1) is 8.58. The van der Waals surface area contributed by atoms with Gasteiger partial charge in [-0.05, 0) is 40.5 Å².